The lowest BCUT2D eigenvalue weighted by molar-refractivity contribution is -0.117. The molecular formula is C21H27N5OS. The number of hydrogen-bond donors (Lipinski definition) is 1. The van der Waals surface area contributed by atoms with Crippen molar-refractivity contribution in [2.75, 3.05) is 26.0 Å². The maximum atomic E-state index is 12.2. The zero-order valence-corrected chi connectivity index (χ0v) is 17.7. The Balaban J connectivity index is 2.68. The van der Waals surface area contributed by atoms with Crippen molar-refractivity contribution < 1.29 is 4.79 Å². The van der Waals surface area contributed by atoms with Crippen molar-refractivity contribution in [3.8, 4) is 0 Å². The number of amides is 1. The van der Waals surface area contributed by atoms with Crippen LogP contribution in [0.5, 0.6) is 0 Å². The molecule has 1 aromatic carbocycles. The number of nitrogens with two attached hydrogens (primary N) is 1. The predicted molar refractivity (Wildman–Crippen MR) is 119 cm³/mol. The fourth-order valence-corrected chi connectivity index (χ4v) is 4.16. The summed E-state index contributed by atoms with van der Waals surface area (Å²) in [7, 11) is 5.61. The lowest BCUT2D eigenvalue weighted by Gasteiger charge is -2.23. The molecule has 2 rings (SSSR count). The molecule has 0 unspecified atom stereocenters. The van der Waals surface area contributed by atoms with E-state index < -0.39 is 11.2 Å². The van der Waals surface area contributed by atoms with E-state index in [2.05, 4.69) is 23.6 Å². The molecule has 2 N–H and O–H groups in total. The van der Waals surface area contributed by atoms with Crippen molar-refractivity contribution in [1.29, 1.82) is 0 Å². The molecular weight excluding hydrogens is 370 g/mol. The average molecular weight is 398 g/mol. The minimum Gasteiger partial charge on any atom is -0.368 e. The fourth-order valence-electron chi connectivity index (χ4n) is 3.08. The van der Waals surface area contributed by atoms with Crippen molar-refractivity contribution in [2.24, 2.45) is 15.7 Å². The Morgan fingerprint density at radius 2 is 2.00 bits per heavy atom. The first kappa shape index (κ1) is 21.6. The van der Waals surface area contributed by atoms with Gasteiger partial charge in [-0.1, -0.05) is 49.0 Å². The molecule has 7 heteroatoms. The molecule has 2 aromatic rings. The van der Waals surface area contributed by atoms with Crippen LogP contribution in [0.25, 0.3) is 0 Å². The number of rotatable bonds is 9. The summed E-state index contributed by atoms with van der Waals surface area (Å²) in [6.45, 7) is 6.20. The van der Waals surface area contributed by atoms with Gasteiger partial charge >= 0.3 is 0 Å². The Bertz CT molecular complexity index is 865. The van der Waals surface area contributed by atoms with E-state index in [0.717, 1.165) is 39.5 Å². The predicted octanol–water partition coefficient (Wildman–Crippen LogP) is 3.28. The van der Waals surface area contributed by atoms with Gasteiger partial charge in [0.15, 0.2) is 0 Å². The molecule has 6 nitrogen and oxygen atoms in total. The fraction of sp³-hybridized carbons (Fsp3) is 0.333. The summed E-state index contributed by atoms with van der Waals surface area (Å²) in [6, 6.07) is 9.51. The monoisotopic (exact) mass is 397 g/mol. The first-order valence-electron chi connectivity index (χ1n) is 9.03. The van der Waals surface area contributed by atoms with Crippen LogP contribution in [0.3, 0.4) is 0 Å². The number of thioether (sulfide) groups is 1. The first-order chi connectivity index (χ1) is 13.4. The minimum atomic E-state index is -0.541. The van der Waals surface area contributed by atoms with Crippen molar-refractivity contribution in [1.82, 2.24) is 4.98 Å². The molecule has 1 atom stereocenters. The highest BCUT2D eigenvalue weighted by molar-refractivity contribution is 8.00. The van der Waals surface area contributed by atoms with Gasteiger partial charge in [-0.15, -0.1) is 0 Å². The zero-order valence-electron chi connectivity index (χ0n) is 16.8. The molecule has 0 saturated carbocycles. The van der Waals surface area contributed by atoms with E-state index in [-0.39, 0.29) is 0 Å². The number of carbonyl (C=O) groups is 1. The largest absolute Gasteiger partial charge is 0.368 e. The Labute approximate surface area is 171 Å². The van der Waals surface area contributed by atoms with Crippen LogP contribution in [0.2, 0.25) is 0 Å². The van der Waals surface area contributed by atoms with Crippen LogP contribution in [-0.4, -0.2) is 45.0 Å². The molecule has 0 aliphatic heterocycles. The number of anilines is 1. The third kappa shape index (κ3) is 4.78. The topological polar surface area (TPSA) is 83.9 Å². The third-order valence-corrected chi connectivity index (χ3v) is 5.57. The van der Waals surface area contributed by atoms with Gasteiger partial charge in [-0.2, -0.15) is 0 Å². The van der Waals surface area contributed by atoms with Gasteiger partial charge in [0.05, 0.1) is 6.54 Å². The summed E-state index contributed by atoms with van der Waals surface area (Å²) in [5.74, 6) is 0.412. The van der Waals surface area contributed by atoms with Gasteiger partial charge in [-0.05, 0) is 24.3 Å². The number of carbonyl (C=O) groups excluding carboxylic acids is 1. The molecule has 1 aromatic heterocycles. The smallest absolute Gasteiger partial charge is 0.235 e. The Kier molecular flexibility index (Phi) is 7.75. The minimum absolute atomic E-state index is 0.404. The van der Waals surface area contributed by atoms with Gasteiger partial charge in [0.2, 0.25) is 5.91 Å². The molecule has 0 bridgehead atoms. The molecule has 0 aliphatic carbocycles. The Hall–Kier alpha value is -2.67. The van der Waals surface area contributed by atoms with Crippen molar-refractivity contribution in [3.05, 3.63) is 52.6 Å². The van der Waals surface area contributed by atoms with Crippen molar-refractivity contribution in [3.63, 3.8) is 0 Å². The quantitative estimate of drug-likeness (QED) is 0.520. The molecule has 0 saturated heterocycles. The van der Waals surface area contributed by atoms with E-state index >= 15 is 0 Å². The summed E-state index contributed by atoms with van der Waals surface area (Å²) in [6.07, 6.45) is 2.58. The zero-order chi connectivity index (χ0) is 20.7. The highest BCUT2D eigenvalue weighted by atomic mass is 32.2. The summed E-state index contributed by atoms with van der Waals surface area (Å²) in [5.41, 5.74) is 9.62. The maximum Gasteiger partial charge on any atom is 0.235 e. The molecule has 1 heterocycles. The number of primary amides is 1. The van der Waals surface area contributed by atoms with Crippen LogP contribution in [-0.2, 0) is 17.8 Å². The van der Waals surface area contributed by atoms with Crippen LogP contribution >= 0.6 is 11.8 Å². The second kappa shape index (κ2) is 10.0. The summed E-state index contributed by atoms with van der Waals surface area (Å²) in [4.78, 5) is 27.4. The van der Waals surface area contributed by atoms with Crippen LogP contribution in [0, 0.1) is 0 Å². The van der Waals surface area contributed by atoms with Crippen LogP contribution in [0.4, 0.5) is 5.82 Å². The van der Waals surface area contributed by atoms with E-state index in [1.165, 1.54) is 11.8 Å². The molecule has 0 aliphatic rings. The highest BCUT2D eigenvalue weighted by Gasteiger charge is 2.25. The van der Waals surface area contributed by atoms with Crippen molar-refractivity contribution >= 4 is 36.4 Å². The van der Waals surface area contributed by atoms with Crippen molar-refractivity contribution in [2.45, 2.75) is 30.2 Å². The lowest BCUT2D eigenvalue weighted by Crippen LogP contribution is -2.21. The van der Waals surface area contributed by atoms with Gasteiger partial charge in [0.1, 0.15) is 16.1 Å². The van der Waals surface area contributed by atoms with Crippen LogP contribution in [0.1, 0.15) is 34.4 Å². The molecule has 148 valence electrons. The second-order valence-corrected chi connectivity index (χ2v) is 7.53. The molecule has 0 spiro atoms. The molecule has 0 fully saturated rings. The maximum absolute atomic E-state index is 12.2. The Morgan fingerprint density at radius 1 is 1.32 bits per heavy atom. The summed E-state index contributed by atoms with van der Waals surface area (Å²) >= 11 is 1.35. The van der Waals surface area contributed by atoms with Crippen LogP contribution in [0.15, 0.2) is 45.3 Å². The second-order valence-electron chi connectivity index (χ2n) is 6.44. The van der Waals surface area contributed by atoms with E-state index in [0.29, 0.717) is 6.54 Å². The highest BCUT2D eigenvalue weighted by Crippen LogP contribution is 2.39. The number of pyridine rings is 1. The average Bonchev–Trinajstić information content (AvgIpc) is 2.68. The van der Waals surface area contributed by atoms with Gasteiger partial charge in [0, 0.05) is 38.5 Å². The summed E-state index contributed by atoms with van der Waals surface area (Å²) < 4.78 is 0. The number of aromatic nitrogens is 1. The van der Waals surface area contributed by atoms with Gasteiger partial charge in [0.25, 0.3) is 0 Å². The van der Waals surface area contributed by atoms with E-state index in [4.69, 9.17) is 10.7 Å². The Morgan fingerprint density at radius 3 is 2.50 bits per heavy atom. The third-order valence-electron chi connectivity index (χ3n) is 4.29. The van der Waals surface area contributed by atoms with Gasteiger partial charge in [-0.3, -0.25) is 14.8 Å². The lowest BCUT2D eigenvalue weighted by atomic mass is 10.0. The molecule has 28 heavy (non-hydrogen) atoms. The van der Waals surface area contributed by atoms with E-state index in [1.54, 1.807) is 13.3 Å². The SMILES string of the molecule is C=NCc1c(N(C)C)nc(S[C@@H](C(N)=O)c2ccccc2)c(/C=N/C)c1CC. The number of benzene rings is 1. The van der Waals surface area contributed by atoms with Gasteiger partial charge in [-0.25, -0.2) is 4.98 Å². The summed E-state index contributed by atoms with van der Waals surface area (Å²) in [5, 5.41) is 0.187. The van der Waals surface area contributed by atoms with Crippen LogP contribution < -0.4 is 10.6 Å². The normalized spacial score (nSPS) is 12.1. The van der Waals surface area contributed by atoms with Gasteiger partial charge < -0.3 is 10.6 Å². The number of hydrogen-bond acceptors (Lipinski definition) is 6. The molecule has 1 amide bonds. The molecule has 0 radical (unpaired) electrons. The van der Waals surface area contributed by atoms with E-state index in [1.807, 2.05) is 49.3 Å². The number of aliphatic imine (C=N–C) groups is 2. The number of nitrogens with zero attached hydrogens (tertiary/aromatic N) is 4. The standard InChI is InChI=1S/C21H27N5OS/c1-6-15-16(12-23-2)20(26(4)5)25-21(17(15)13-24-3)28-18(19(22)27)14-10-8-7-9-11-14/h7-11,13,18H,2,6,12H2,1,3-5H3,(H2,22,27)/b24-13+/t18-/m1/s1. The van der Waals surface area contributed by atoms with E-state index in [9.17, 15) is 4.79 Å². The first-order valence-corrected chi connectivity index (χ1v) is 9.91.